The average molecular weight is 106 g/mol. The van der Waals surface area contributed by atoms with Crippen LogP contribution in [0, 0.1) is 23.7 Å². The topological polar surface area (TPSA) is 0 Å². The van der Waals surface area contributed by atoms with Crippen LogP contribution in [0.2, 0.25) is 0 Å². The van der Waals surface area contributed by atoms with E-state index in [4.69, 9.17) is 0 Å². The predicted molar refractivity (Wildman–Crippen MR) is 33.2 cm³/mol. The zero-order chi connectivity index (χ0) is 5.40. The molecule has 0 N–H and O–H groups in total. The number of rotatable bonds is 0. The van der Waals surface area contributed by atoms with Crippen molar-refractivity contribution in [2.24, 2.45) is 11.8 Å². The molecule has 2 rings (SSSR count). The first-order valence-corrected chi connectivity index (χ1v) is 3.42. The lowest BCUT2D eigenvalue weighted by Gasteiger charge is -2.35. The third-order valence-electron chi connectivity index (χ3n) is 2.43. The molecule has 0 heteroatoms. The second-order valence-electron chi connectivity index (χ2n) is 2.86. The van der Waals surface area contributed by atoms with Gasteiger partial charge in [0.1, 0.15) is 0 Å². The van der Waals surface area contributed by atoms with Crippen molar-refractivity contribution >= 4 is 0 Å². The molecular formula is C8H10. The molecule has 2 aliphatic rings. The number of fused-ring (bicyclic) bond motifs is 1. The van der Waals surface area contributed by atoms with Crippen molar-refractivity contribution in [3.8, 4) is 11.8 Å². The maximum atomic E-state index is 3.17. The predicted octanol–water partition coefficient (Wildman–Crippen LogP) is 1.81. The second-order valence-corrected chi connectivity index (χ2v) is 2.86. The van der Waals surface area contributed by atoms with Gasteiger partial charge < -0.3 is 0 Å². The van der Waals surface area contributed by atoms with Crippen molar-refractivity contribution in [1.29, 1.82) is 0 Å². The first-order chi connectivity index (χ1) is 3.97. The molecule has 1 saturated carbocycles. The summed E-state index contributed by atoms with van der Waals surface area (Å²) in [6.45, 7) is 0. The Labute approximate surface area is 50.3 Å². The van der Waals surface area contributed by atoms with Gasteiger partial charge in [0.05, 0.1) is 0 Å². The van der Waals surface area contributed by atoms with Gasteiger partial charge in [-0.15, -0.1) is 11.8 Å². The van der Waals surface area contributed by atoms with E-state index in [9.17, 15) is 0 Å². The van der Waals surface area contributed by atoms with Crippen LogP contribution in [-0.2, 0) is 0 Å². The van der Waals surface area contributed by atoms with Crippen LogP contribution in [0.5, 0.6) is 0 Å². The Morgan fingerprint density at radius 3 is 1.62 bits per heavy atom. The van der Waals surface area contributed by atoms with Crippen LogP contribution < -0.4 is 0 Å². The summed E-state index contributed by atoms with van der Waals surface area (Å²) in [6.07, 6.45) is 5.31. The molecule has 2 atom stereocenters. The summed E-state index contributed by atoms with van der Waals surface area (Å²) in [7, 11) is 0. The third kappa shape index (κ3) is 0.478. The van der Waals surface area contributed by atoms with Crippen LogP contribution in [0.4, 0.5) is 0 Å². The summed E-state index contributed by atoms with van der Waals surface area (Å²) in [6, 6.07) is 0. The molecule has 0 saturated heterocycles. The van der Waals surface area contributed by atoms with E-state index in [0.29, 0.717) is 0 Å². The minimum absolute atomic E-state index is 1.01. The molecule has 0 radical (unpaired) electrons. The molecule has 1 fully saturated rings. The summed E-state index contributed by atoms with van der Waals surface area (Å²) < 4.78 is 0. The van der Waals surface area contributed by atoms with E-state index in [1.54, 1.807) is 0 Å². The number of hydrogen-bond acceptors (Lipinski definition) is 0. The van der Waals surface area contributed by atoms with Gasteiger partial charge in [-0.2, -0.15) is 0 Å². The van der Waals surface area contributed by atoms with E-state index in [-0.39, 0.29) is 0 Å². The Hall–Kier alpha value is -0.440. The standard InChI is InChI=1S/C8H10/c1-2-4-8-6-5-7(8)3-1/h7-8H,3-6H2. The van der Waals surface area contributed by atoms with Crippen LogP contribution in [0.25, 0.3) is 0 Å². The van der Waals surface area contributed by atoms with E-state index in [1.165, 1.54) is 25.7 Å². The normalized spacial score (nSPS) is 41.0. The summed E-state index contributed by atoms with van der Waals surface area (Å²) in [4.78, 5) is 0. The highest BCUT2D eigenvalue weighted by Gasteiger charge is 2.30. The lowest BCUT2D eigenvalue weighted by molar-refractivity contribution is 0.180. The molecule has 8 heavy (non-hydrogen) atoms. The van der Waals surface area contributed by atoms with Crippen LogP contribution in [0.3, 0.4) is 0 Å². The summed E-state index contributed by atoms with van der Waals surface area (Å²) in [5.74, 6) is 8.35. The van der Waals surface area contributed by atoms with Gasteiger partial charge in [0.25, 0.3) is 0 Å². The highest BCUT2D eigenvalue weighted by Crippen LogP contribution is 2.40. The highest BCUT2D eigenvalue weighted by atomic mass is 14.3. The molecule has 2 aliphatic carbocycles. The van der Waals surface area contributed by atoms with Gasteiger partial charge in [-0.1, -0.05) is 0 Å². The lowest BCUT2D eigenvalue weighted by Crippen LogP contribution is -2.26. The van der Waals surface area contributed by atoms with E-state index in [1.807, 2.05) is 0 Å². The maximum absolute atomic E-state index is 3.17. The Morgan fingerprint density at radius 1 is 0.875 bits per heavy atom. The van der Waals surface area contributed by atoms with Gasteiger partial charge in [0, 0.05) is 12.8 Å². The molecule has 0 heterocycles. The van der Waals surface area contributed by atoms with Crippen LogP contribution in [0.15, 0.2) is 0 Å². The van der Waals surface area contributed by atoms with Crippen molar-refractivity contribution in [1.82, 2.24) is 0 Å². The van der Waals surface area contributed by atoms with Gasteiger partial charge in [0.2, 0.25) is 0 Å². The number of hydrogen-bond donors (Lipinski definition) is 0. The second kappa shape index (κ2) is 1.52. The maximum Gasteiger partial charge on any atom is 0.0120 e. The minimum atomic E-state index is 1.01. The first kappa shape index (κ1) is 4.44. The molecular weight excluding hydrogens is 96.1 g/mol. The van der Waals surface area contributed by atoms with Gasteiger partial charge in [-0.05, 0) is 24.7 Å². The molecule has 0 spiro atoms. The van der Waals surface area contributed by atoms with Crippen molar-refractivity contribution in [3.05, 3.63) is 0 Å². The molecule has 0 nitrogen and oxygen atoms in total. The van der Waals surface area contributed by atoms with Crippen molar-refractivity contribution < 1.29 is 0 Å². The smallest absolute Gasteiger partial charge is 0.0120 e. The summed E-state index contributed by atoms with van der Waals surface area (Å²) >= 11 is 0. The van der Waals surface area contributed by atoms with E-state index < -0.39 is 0 Å². The Balaban J connectivity index is 2.10. The first-order valence-electron chi connectivity index (χ1n) is 3.42. The zero-order valence-corrected chi connectivity index (χ0v) is 4.98. The van der Waals surface area contributed by atoms with Crippen molar-refractivity contribution in [2.75, 3.05) is 0 Å². The van der Waals surface area contributed by atoms with Crippen molar-refractivity contribution in [2.45, 2.75) is 25.7 Å². The van der Waals surface area contributed by atoms with Crippen LogP contribution in [-0.4, -0.2) is 0 Å². The molecule has 0 aliphatic heterocycles. The van der Waals surface area contributed by atoms with E-state index >= 15 is 0 Å². The van der Waals surface area contributed by atoms with Gasteiger partial charge >= 0.3 is 0 Å². The average Bonchev–Trinajstić information content (AvgIpc) is 1.72. The summed E-state index contributed by atoms with van der Waals surface area (Å²) in [5, 5.41) is 0. The van der Waals surface area contributed by atoms with Crippen LogP contribution in [0.1, 0.15) is 25.7 Å². The largest absolute Gasteiger partial charge is 0.103 e. The molecule has 0 bridgehead atoms. The third-order valence-corrected chi connectivity index (χ3v) is 2.43. The van der Waals surface area contributed by atoms with E-state index in [2.05, 4.69) is 11.8 Å². The fourth-order valence-corrected chi connectivity index (χ4v) is 1.58. The highest BCUT2D eigenvalue weighted by molar-refractivity contribution is 5.09. The Morgan fingerprint density at radius 2 is 1.38 bits per heavy atom. The fraction of sp³-hybridized carbons (Fsp3) is 0.750. The van der Waals surface area contributed by atoms with Gasteiger partial charge in [-0.3, -0.25) is 0 Å². The minimum Gasteiger partial charge on any atom is -0.103 e. The molecule has 0 aromatic rings. The van der Waals surface area contributed by atoms with Gasteiger partial charge in [0.15, 0.2) is 0 Å². The SMILES string of the molecule is C1#CCC2CCC2C1. The Bertz CT molecular complexity index is 131. The Kier molecular flexibility index (Phi) is 0.842. The van der Waals surface area contributed by atoms with E-state index in [0.717, 1.165) is 11.8 Å². The fourth-order valence-electron chi connectivity index (χ4n) is 1.58. The summed E-state index contributed by atoms with van der Waals surface area (Å²) in [5.41, 5.74) is 0. The quantitative estimate of drug-likeness (QED) is 0.413. The molecule has 0 aromatic heterocycles. The van der Waals surface area contributed by atoms with Crippen LogP contribution >= 0.6 is 0 Å². The molecule has 2 unspecified atom stereocenters. The monoisotopic (exact) mass is 106 g/mol. The van der Waals surface area contributed by atoms with Crippen molar-refractivity contribution in [3.63, 3.8) is 0 Å². The molecule has 42 valence electrons. The zero-order valence-electron chi connectivity index (χ0n) is 4.98. The van der Waals surface area contributed by atoms with Gasteiger partial charge in [-0.25, -0.2) is 0 Å². The molecule has 0 amide bonds. The lowest BCUT2D eigenvalue weighted by atomic mass is 9.69. The molecule has 0 aromatic carbocycles.